The average molecular weight is 360 g/mol. The van der Waals surface area contributed by atoms with Crippen LogP contribution >= 0.6 is 12.4 Å². The summed E-state index contributed by atoms with van der Waals surface area (Å²) in [4.78, 5) is 12.9. The lowest BCUT2D eigenvalue weighted by Gasteiger charge is -2.18. The van der Waals surface area contributed by atoms with Crippen LogP contribution in [0.15, 0.2) is 60.7 Å². The molecule has 25 heavy (non-hydrogen) atoms. The molecule has 0 aliphatic rings. The maximum atomic E-state index is 12.9. The van der Waals surface area contributed by atoms with E-state index >= 15 is 0 Å². The van der Waals surface area contributed by atoms with Crippen molar-refractivity contribution in [2.24, 2.45) is 0 Å². The van der Waals surface area contributed by atoms with Gasteiger partial charge in [-0.2, -0.15) is 0 Å². The van der Waals surface area contributed by atoms with Crippen LogP contribution in [0.5, 0.6) is 0 Å². The Morgan fingerprint density at radius 2 is 1.40 bits per heavy atom. The first kappa shape index (κ1) is 21.4. The van der Waals surface area contributed by atoms with Gasteiger partial charge in [0, 0.05) is 5.56 Å². The van der Waals surface area contributed by atoms with Gasteiger partial charge in [-0.3, -0.25) is 4.79 Å². The van der Waals surface area contributed by atoms with E-state index in [0.717, 1.165) is 24.1 Å². The van der Waals surface area contributed by atoms with Gasteiger partial charge in [-0.25, -0.2) is 0 Å². The minimum absolute atomic E-state index is 0. The first-order valence-corrected chi connectivity index (χ1v) is 9.20. The Hall–Kier alpha value is -1.64. The van der Waals surface area contributed by atoms with Crippen LogP contribution in [0.4, 0.5) is 0 Å². The summed E-state index contributed by atoms with van der Waals surface area (Å²) in [5.74, 6) is 0.146. The van der Waals surface area contributed by atoms with E-state index in [1.54, 1.807) is 0 Å². The predicted octanol–water partition coefficient (Wildman–Crippen LogP) is 5.98. The van der Waals surface area contributed by atoms with Crippen molar-refractivity contribution in [3.8, 4) is 0 Å². The number of unbranched alkanes of at least 4 members (excludes halogenated alkanes) is 5. The van der Waals surface area contributed by atoms with Crippen LogP contribution in [-0.4, -0.2) is 12.3 Å². The molecule has 2 nitrogen and oxygen atoms in total. The zero-order valence-corrected chi connectivity index (χ0v) is 15.9. The number of carbonyl (C=O) groups is 1. The van der Waals surface area contributed by atoms with Crippen molar-refractivity contribution in [3.63, 3.8) is 0 Å². The van der Waals surface area contributed by atoms with Crippen LogP contribution in [-0.2, 0) is 0 Å². The molecule has 0 radical (unpaired) electrons. The third-order valence-corrected chi connectivity index (χ3v) is 4.33. The SMILES string of the molecule is CCCCCCCCNC(C(=O)c1ccccc1)c1ccccc1.Cl. The fourth-order valence-corrected chi connectivity index (χ4v) is 2.93. The Labute approximate surface area is 158 Å². The summed E-state index contributed by atoms with van der Waals surface area (Å²) in [5.41, 5.74) is 1.80. The number of carbonyl (C=O) groups excluding carboxylic acids is 1. The smallest absolute Gasteiger partial charge is 0.184 e. The van der Waals surface area contributed by atoms with Crippen LogP contribution in [0.2, 0.25) is 0 Å². The summed E-state index contributed by atoms with van der Waals surface area (Å²) in [6, 6.07) is 19.3. The minimum atomic E-state index is -0.260. The molecule has 0 saturated heterocycles. The third kappa shape index (κ3) is 7.41. The van der Waals surface area contributed by atoms with Crippen molar-refractivity contribution >= 4 is 18.2 Å². The van der Waals surface area contributed by atoms with Crippen molar-refractivity contribution < 1.29 is 4.79 Å². The Morgan fingerprint density at radius 1 is 0.840 bits per heavy atom. The standard InChI is InChI=1S/C22H29NO.ClH/c1-2-3-4-5-6-13-18-23-21(19-14-9-7-10-15-19)22(24)20-16-11-8-12-17-20;/h7-12,14-17,21,23H,2-6,13,18H2,1H3;1H. The third-order valence-electron chi connectivity index (χ3n) is 4.33. The molecule has 2 rings (SSSR count). The Balaban J connectivity index is 0.00000312. The molecule has 2 aromatic rings. The first-order valence-electron chi connectivity index (χ1n) is 9.20. The summed E-state index contributed by atoms with van der Waals surface area (Å²) < 4.78 is 0. The number of nitrogens with one attached hydrogen (secondary N) is 1. The monoisotopic (exact) mass is 359 g/mol. The first-order chi connectivity index (χ1) is 11.8. The van der Waals surface area contributed by atoms with E-state index in [0.29, 0.717) is 0 Å². The van der Waals surface area contributed by atoms with E-state index in [4.69, 9.17) is 0 Å². The summed E-state index contributed by atoms with van der Waals surface area (Å²) in [6.45, 7) is 3.12. The molecule has 0 spiro atoms. The van der Waals surface area contributed by atoms with E-state index in [-0.39, 0.29) is 24.2 Å². The summed E-state index contributed by atoms with van der Waals surface area (Å²) in [6.07, 6.45) is 7.56. The molecule has 0 aromatic heterocycles. The molecule has 3 heteroatoms. The van der Waals surface area contributed by atoms with Gasteiger partial charge >= 0.3 is 0 Å². The van der Waals surface area contributed by atoms with E-state index in [2.05, 4.69) is 12.2 Å². The molecule has 0 saturated carbocycles. The van der Waals surface area contributed by atoms with E-state index in [1.165, 1.54) is 32.1 Å². The van der Waals surface area contributed by atoms with Gasteiger partial charge < -0.3 is 5.32 Å². The highest BCUT2D eigenvalue weighted by Crippen LogP contribution is 2.18. The molecule has 0 aliphatic heterocycles. The summed E-state index contributed by atoms with van der Waals surface area (Å²) >= 11 is 0. The van der Waals surface area contributed by atoms with Gasteiger partial charge in [-0.15, -0.1) is 12.4 Å². The van der Waals surface area contributed by atoms with Crippen LogP contribution in [0.1, 0.15) is 67.4 Å². The molecule has 136 valence electrons. The molecule has 1 atom stereocenters. The molecule has 0 fully saturated rings. The van der Waals surface area contributed by atoms with Gasteiger partial charge in [0.25, 0.3) is 0 Å². The Morgan fingerprint density at radius 3 is 2.04 bits per heavy atom. The van der Waals surface area contributed by atoms with Gasteiger partial charge in [0.1, 0.15) is 0 Å². The number of hydrogen-bond acceptors (Lipinski definition) is 2. The molecule has 1 N–H and O–H groups in total. The molecular formula is C22H30ClNO. The second-order valence-corrected chi connectivity index (χ2v) is 6.30. The molecule has 0 amide bonds. The number of ketones is 1. The number of rotatable bonds is 11. The second-order valence-electron chi connectivity index (χ2n) is 6.30. The quantitative estimate of drug-likeness (QED) is 0.394. The number of hydrogen-bond donors (Lipinski definition) is 1. The highest BCUT2D eigenvalue weighted by atomic mass is 35.5. The zero-order chi connectivity index (χ0) is 17.0. The van der Waals surface area contributed by atoms with Crippen molar-refractivity contribution in [3.05, 3.63) is 71.8 Å². The summed E-state index contributed by atoms with van der Waals surface area (Å²) in [5, 5.41) is 3.48. The highest BCUT2D eigenvalue weighted by molar-refractivity contribution is 6.00. The Kier molecular flexibility index (Phi) is 10.9. The zero-order valence-electron chi connectivity index (χ0n) is 15.1. The molecule has 1 unspecified atom stereocenters. The van der Waals surface area contributed by atoms with Gasteiger partial charge in [0.2, 0.25) is 0 Å². The predicted molar refractivity (Wildman–Crippen MR) is 109 cm³/mol. The molecular weight excluding hydrogens is 330 g/mol. The summed E-state index contributed by atoms with van der Waals surface area (Å²) in [7, 11) is 0. The fourth-order valence-electron chi connectivity index (χ4n) is 2.93. The Bertz CT molecular complexity index is 585. The van der Waals surface area contributed by atoms with Crippen LogP contribution < -0.4 is 5.32 Å². The van der Waals surface area contributed by atoms with Gasteiger partial charge in [0.05, 0.1) is 6.04 Å². The van der Waals surface area contributed by atoms with Crippen molar-refractivity contribution in [2.45, 2.75) is 51.5 Å². The lowest BCUT2D eigenvalue weighted by molar-refractivity contribution is 0.0942. The molecule has 0 aliphatic carbocycles. The maximum Gasteiger partial charge on any atom is 0.184 e. The average Bonchev–Trinajstić information content (AvgIpc) is 2.65. The van der Waals surface area contributed by atoms with Crippen molar-refractivity contribution in [1.29, 1.82) is 0 Å². The largest absolute Gasteiger partial charge is 0.303 e. The topological polar surface area (TPSA) is 29.1 Å². The highest BCUT2D eigenvalue weighted by Gasteiger charge is 2.20. The fraction of sp³-hybridized carbons (Fsp3) is 0.409. The van der Waals surface area contributed by atoms with E-state index in [1.807, 2.05) is 60.7 Å². The van der Waals surface area contributed by atoms with Crippen LogP contribution in [0, 0.1) is 0 Å². The van der Waals surface area contributed by atoms with E-state index in [9.17, 15) is 4.79 Å². The number of halogens is 1. The second kappa shape index (κ2) is 12.7. The molecule has 0 bridgehead atoms. The van der Waals surface area contributed by atoms with E-state index < -0.39 is 0 Å². The minimum Gasteiger partial charge on any atom is -0.303 e. The van der Waals surface area contributed by atoms with Gasteiger partial charge in [-0.05, 0) is 18.5 Å². The van der Waals surface area contributed by atoms with Gasteiger partial charge in [-0.1, -0.05) is 99.7 Å². The van der Waals surface area contributed by atoms with Gasteiger partial charge in [0.15, 0.2) is 5.78 Å². The normalized spacial score (nSPS) is 11.6. The van der Waals surface area contributed by atoms with Crippen LogP contribution in [0.3, 0.4) is 0 Å². The number of benzene rings is 2. The molecule has 0 heterocycles. The lowest BCUT2D eigenvalue weighted by Crippen LogP contribution is -2.29. The number of Topliss-reactive ketones (excluding diaryl/α,β-unsaturated/α-hetero) is 1. The van der Waals surface area contributed by atoms with Crippen LogP contribution in [0.25, 0.3) is 0 Å². The molecule has 2 aromatic carbocycles. The maximum absolute atomic E-state index is 12.9. The lowest BCUT2D eigenvalue weighted by atomic mass is 9.97. The van der Waals surface area contributed by atoms with Crippen molar-refractivity contribution in [1.82, 2.24) is 5.32 Å². The van der Waals surface area contributed by atoms with Crippen molar-refractivity contribution in [2.75, 3.05) is 6.54 Å².